The van der Waals surface area contributed by atoms with Crippen LogP contribution >= 0.6 is 0 Å². The number of benzene rings is 2. The van der Waals surface area contributed by atoms with Crippen LogP contribution in [0.15, 0.2) is 59.7 Å². The Kier molecular flexibility index (Phi) is 5.13. The number of ether oxygens (including phenoxy) is 1. The molecule has 2 aromatic heterocycles. The first kappa shape index (κ1) is 19.3. The minimum atomic E-state index is -0.351. The highest BCUT2D eigenvalue weighted by Crippen LogP contribution is 2.31. The Labute approximate surface area is 177 Å². The summed E-state index contributed by atoms with van der Waals surface area (Å²) >= 11 is 0. The minimum absolute atomic E-state index is 0.257. The Bertz CT molecular complexity index is 1280. The van der Waals surface area contributed by atoms with Gasteiger partial charge in [0.15, 0.2) is 0 Å². The summed E-state index contributed by atoms with van der Waals surface area (Å²) in [6.45, 7) is 3.07. The van der Waals surface area contributed by atoms with Gasteiger partial charge in [0.1, 0.15) is 12.1 Å². The van der Waals surface area contributed by atoms with Crippen molar-refractivity contribution in [2.75, 3.05) is 31.2 Å². The smallest absolute Gasteiger partial charge is 0.264 e. The molecule has 0 radical (unpaired) electrons. The zero-order valence-corrected chi connectivity index (χ0v) is 16.7. The monoisotopic (exact) mass is 417 g/mol. The summed E-state index contributed by atoms with van der Waals surface area (Å²) in [6, 6.07) is 14.0. The van der Waals surface area contributed by atoms with E-state index in [1.807, 2.05) is 18.2 Å². The number of nitrogens with zero attached hydrogens (tertiary/aromatic N) is 4. The highest BCUT2D eigenvalue weighted by molar-refractivity contribution is 5.94. The molecule has 0 aliphatic carbocycles. The van der Waals surface area contributed by atoms with Crippen molar-refractivity contribution in [1.29, 1.82) is 0 Å². The lowest BCUT2D eigenvalue weighted by atomic mass is 10.0. The summed E-state index contributed by atoms with van der Waals surface area (Å²) in [6.07, 6.45) is 1.94. The first-order valence-corrected chi connectivity index (χ1v) is 10.1. The zero-order valence-electron chi connectivity index (χ0n) is 16.7. The summed E-state index contributed by atoms with van der Waals surface area (Å²) in [4.78, 5) is 22.3. The van der Waals surface area contributed by atoms with Crippen molar-refractivity contribution in [2.24, 2.45) is 0 Å². The second kappa shape index (κ2) is 8.23. The normalized spacial score (nSPS) is 14.2. The van der Waals surface area contributed by atoms with Gasteiger partial charge in [-0.25, -0.2) is 19.5 Å². The molecule has 1 aliphatic heterocycles. The number of aromatic nitrogens is 4. The lowest BCUT2D eigenvalue weighted by Gasteiger charge is -2.29. The predicted molar refractivity (Wildman–Crippen MR) is 116 cm³/mol. The van der Waals surface area contributed by atoms with Gasteiger partial charge in [-0.1, -0.05) is 6.07 Å². The van der Waals surface area contributed by atoms with Gasteiger partial charge in [-0.15, -0.1) is 0 Å². The lowest BCUT2D eigenvalue weighted by molar-refractivity contribution is 0.122. The van der Waals surface area contributed by atoms with Gasteiger partial charge in [-0.2, -0.15) is 5.10 Å². The van der Waals surface area contributed by atoms with E-state index in [-0.39, 0.29) is 11.4 Å². The number of aromatic amines is 1. The molecule has 7 nitrogen and oxygen atoms in total. The van der Waals surface area contributed by atoms with Gasteiger partial charge in [0.25, 0.3) is 5.56 Å². The van der Waals surface area contributed by atoms with Crippen molar-refractivity contribution in [2.45, 2.75) is 6.42 Å². The molecule has 156 valence electrons. The average Bonchev–Trinajstić information content (AvgIpc) is 2.82. The SMILES string of the molecule is O=c1ccc(Cc2ccc(F)c(-c3ncnc4cc(N5CCOCC5)ccc34)c2)n[nH]1. The molecule has 2 aromatic carbocycles. The zero-order chi connectivity index (χ0) is 21.2. The van der Waals surface area contributed by atoms with E-state index < -0.39 is 0 Å². The van der Waals surface area contributed by atoms with Gasteiger partial charge >= 0.3 is 0 Å². The largest absolute Gasteiger partial charge is 0.378 e. The summed E-state index contributed by atoms with van der Waals surface area (Å²) < 4.78 is 20.2. The molecular formula is C23H20FN5O2. The summed E-state index contributed by atoms with van der Waals surface area (Å²) in [5.41, 5.74) is 4.10. The number of rotatable bonds is 4. The van der Waals surface area contributed by atoms with Gasteiger partial charge in [0, 0.05) is 42.2 Å². The van der Waals surface area contributed by atoms with Crippen molar-refractivity contribution in [3.63, 3.8) is 0 Å². The molecule has 0 amide bonds. The Morgan fingerprint density at radius 1 is 1.03 bits per heavy atom. The average molecular weight is 417 g/mol. The second-order valence-corrected chi connectivity index (χ2v) is 7.43. The van der Waals surface area contributed by atoms with Crippen LogP contribution in [0.3, 0.4) is 0 Å². The van der Waals surface area contributed by atoms with Crippen molar-refractivity contribution in [3.8, 4) is 11.3 Å². The van der Waals surface area contributed by atoms with E-state index in [1.54, 1.807) is 18.2 Å². The number of morpholine rings is 1. The molecule has 0 spiro atoms. The number of halogens is 1. The third kappa shape index (κ3) is 4.02. The first-order chi connectivity index (χ1) is 15.2. The standard InChI is InChI=1S/C23H20FN5O2/c24-20-5-1-15(11-16-2-6-22(30)28-27-16)12-19(20)23-18-4-3-17(13-21(18)25-14-26-23)29-7-9-31-10-8-29/h1-6,12-14H,7-11H2,(H,28,30). The van der Waals surface area contributed by atoms with Gasteiger partial charge in [-0.3, -0.25) is 4.79 Å². The molecule has 1 saturated heterocycles. The quantitative estimate of drug-likeness (QED) is 0.550. The molecule has 1 fully saturated rings. The third-order valence-electron chi connectivity index (χ3n) is 5.40. The molecule has 8 heteroatoms. The Morgan fingerprint density at radius 2 is 1.90 bits per heavy atom. The first-order valence-electron chi connectivity index (χ1n) is 10.1. The van der Waals surface area contributed by atoms with Crippen LogP contribution < -0.4 is 10.5 Å². The van der Waals surface area contributed by atoms with Gasteiger partial charge < -0.3 is 9.64 Å². The molecule has 31 heavy (non-hydrogen) atoms. The van der Waals surface area contributed by atoms with Crippen LogP contribution in [0, 0.1) is 5.82 Å². The lowest BCUT2D eigenvalue weighted by Crippen LogP contribution is -2.36. The van der Waals surface area contributed by atoms with E-state index in [0.29, 0.717) is 36.6 Å². The highest BCUT2D eigenvalue weighted by atomic mass is 19.1. The minimum Gasteiger partial charge on any atom is -0.378 e. The molecule has 0 saturated carbocycles. The van der Waals surface area contributed by atoms with E-state index in [4.69, 9.17) is 4.74 Å². The summed E-state index contributed by atoms with van der Waals surface area (Å²) in [5.74, 6) is -0.351. The molecule has 0 unspecified atom stereocenters. The van der Waals surface area contributed by atoms with Gasteiger partial charge in [0.2, 0.25) is 0 Å². The predicted octanol–water partition coefficient (Wildman–Crippen LogP) is 2.95. The Morgan fingerprint density at radius 3 is 2.71 bits per heavy atom. The summed E-state index contributed by atoms with van der Waals surface area (Å²) in [5, 5.41) is 7.24. The molecule has 1 aliphatic rings. The maximum atomic E-state index is 14.8. The fourth-order valence-corrected chi connectivity index (χ4v) is 3.82. The van der Waals surface area contributed by atoms with Crippen LogP contribution in [0.25, 0.3) is 22.2 Å². The van der Waals surface area contributed by atoms with E-state index in [9.17, 15) is 9.18 Å². The van der Waals surface area contributed by atoms with Crippen LogP contribution in [0.4, 0.5) is 10.1 Å². The molecule has 0 atom stereocenters. The number of anilines is 1. The van der Waals surface area contributed by atoms with Gasteiger partial charge in [-0.05, 0) is 42.0 Å². The molecule has 0 bridgehead atoms. The summed E-state index contributed by atoms with van der Waals surface area (Å²) in [7, 11) is 0. The second-order valence-electron chi connectivity index (χ2n) is 7.43. The molecule has 5 rings (SSSR count). The van der Waals surface area contributed by atoms with Crippen molar-refractivity contribution in [1.82, 2.24) is 20.2 Å². The highest BCUT2D eigenvalue weighted by Gasteiger charge is 2.16. The number of nitrogens with one attached hydrogen (secondary N) is 1. The van der Waals surface area contributed by atoms with Crippen molar-refractivity contribution >= 4 is 16.6 Å². The molecule has 4 aromatic rings. The van der Waals surface area contributed by atoms with Crippen LogP contribution in [0.5, 0.6) is 0 Å². The van der Waals surface area contributed by atoms with Crippen molar-refractivity contribution < 1.29 is 9.13 Å². The number of hydrogen-bond acceptors (Lipinski definition) is 6. The van der Waals surface area contributed by atoms with E-state index in [0.717, 1.165) is 35.2 Å². The van der Waals surface area contributed by atoms with Crippen LogP contribution in [-0.4, -0.2) is 46.5 Å². The van der Waals surface area contributed by atoms with E-state index in [1.165, 1.54) is 18.5 Å². The molecular weight excluding hydrogens is 397 g/mol. The fraction of sp³-hybridized carbons (Fsp3) is 0.217. The Balaban J connectivity index is 1.52. The van der Waals surface area contributed by atoms with Gasteiger partial charge in [0.05, 0.1) is 30.1 Å². The number of H-pyrrole nitrogens is 1. The third-order valence-corrected chi connectivity index (χ3v) is 5.40. The van der Waals surface area contributed by atoms with Crippen LogP contribution in [-0.2, 0) is 11.2 Å². The molecule has 3 heterocycles. The maximum Gasteiger partial charge on any atom is 0.264 e. The van der Waals surface area contributed by atoms with E-state index in [2.05, 4.69) is 25.1 Å². The van der Waals surface area contributed by atoms with E-state index >= 15 is 0 Å². The number of fused-ring (bicyclic) bond motifs is 1. The van der Waals surface area contributed by atoms with Crippen LogP contribution in [0.1, 0.15) is 11.3 Å². The Hall–Kier alpha value is -3.65. The van der Waals surface area contributed by atoms with Crippen molar-refractivity contribution in [3.05, 3.63) is 82.3 Å². The maximum absolute atomic E-state index is 14.8. The fourth-order valence-electron chi connectivity index (χ4n) is 3.82. The number of hydrogen-bond donors (Lipinski definition) is 1. The topological polar surface area (TPSA) is 84.0 Å². The molecule has 1 N–H and O–H groups in total. The van der Waals surface area contributed by atoms with Crippen LogP contribution in [0.2, 0.25) is 0 Å².